The highest BCUT2D eigenvalue weighted by Gasteiger charge is 2.35. The minimum absolute atomic E-state index is 0.00280. The number of rotatable bonds is 1. The number of carbonyl (C=O) groups excluding carboxylic acids is 2. The zero-order valence-corrected chi connectivity index (χ0v) is 11.2. The Balaban J connectivity index is 1.88. The van der Waals surface area contributed by atoms with E-state index in [4.69, 9.17) is 4.42 Å². The van der Waals surface area contributed by atoms with Gasteiger partial charge in [-0.25, -0.2) is 9.37 Å². The average molecular weight is 293 g/mol. The first-order valence-electron chi connectivity index (χ1n) is 6.60. The van der Waals surface area contributed by atoms with E-state index in [0.717, 1.165) is 0 Å². The van der Waals surface area contributed by atoms with Crippen LogP contribution in [0, 0.1) is 5.82 Å². The smallest absolute Gasteiger partial charge is 0.231 e. The van der Waals surface area contributed by atoms with Gasteiger partial charge in [-0.05, 0) is 24.3 Å². The number of ketones is 2. The molecule has 0 spiro atoms. The van der Waals surface area contributed by atoms with Crippen molar-refractivity contribution in [2.75, 3.05) is 0 Å². The minimum atomic E-state index is -0.389. The van der Waals surface area contributed by atoms with E-state index in [1.807, 2.05) is 0 Å². The lowest BCUT2D eigenvalue weighted by Crippen LogP contribution is -2.19. The predicted molar refractivity (Wildman–Crippen MR) is 75.2 cm³/mol. The monoisotopic (exact) mass is 293 g/mol. The summed E-state index contributed by atoms with van der Waals surface area (Å²) in [5, 5.41) is 0. The van der Waals surface area contributed by atoms with Crippen LogP contribution < -0.4 is 0 Å². The fraction of sp³-hybridized carbons (Fsp3) is 0. The molecule has 0 saturated heterocycles. The van der Waals surface area contributed by atoms with Crippen molar-refractivity contribution in [1.29, 1.82) is 0 Å². The number of fused-ring (bicyclic) bond motifs is 2. The summed E-state index contributed by atoms with van der Waals surface area (Å²) in [7, 11) is 0. The van der Waals surface area contributed by atoms with E-state index >= 15 is 0 Å². The number of carbonyl (C=O) groups is 2. The lowest BCUT2D eigenvalue weighted by Gasteiger charge is -2.10. The van der Waals surface area contributed by atoms with Crippen LogP contribution in [-0.4, -0.2) is 16.6 Å². The molecule has 4 nitrogen and oxygen atoms in total. The Labute approximate surface area is 124 Å². The number of nitrogens with zero attached hydrogens (tertiary/aromatic N) is 1. The van der Waals surface area contributed by atoms with Crippen molar-refractivity contribution in [3.8, 4) is 11.5 Å². The molecule has 0 unspecified atom stereocenters. The molecular formula is C17H8FNO3. The molecule has 3 aromatic rings. The lowest BCUT2D eigenvalue weighted by molar-refractivity contribution is 0.0959. The molecule has 0 aliphatic heterocycles. The number of hydrogen-bond donors (Lipinski definition) is 0. The van der Waals surface area contributed by atoms with E-state index in [1.165, 1.54) is 24.3 Å². The minimum Gasteiger partial charge on any atom is -0.432 e. The molecule has 0 radical (unpaired) electrons. The van der Waals surface area contributed by atoms with Gasteiger partial charge in [0.15, 0.2) is 5.69 Å². The number of aromatic nitrogens is 1. The Hall–Kier alpha value is -3.08. The van der Waals surface area contributed by atoms with Crippen LogP contribution in [0.15, 0.2) is 52.9 Å². The molecule has 106 valence electrons. The maximum Gasteiger partial charge on any atom is 0.231 e. The molecule has 0 fully saturated rings. The first kappa shape index (κ1) is 12.6. The van der Waals surface area contributed by atoms with E-state index in [1.54, 1.807) is 24.3 Å². The summed E-state index contributed by atoms with van der Waals surface area (Å²) >= 11 is 0. The molecule has 0 saturated carbocycles. The highest BCUT2D eigenvalue weighted by atomic mass is 19.1. The van der Waals surface area contributed by atoms with E-state index < -0.39 is 0 Å². The molecule has 1 aromatic heterocycles. The Morgan fingerprint density at radius 1 is 0.864 bits per heavy atom. The summed E-state index contributed by atoms with van der Waals surface area (Å²) in [5.74, 6) is -1.05. The molecule has 1 aliphatic rings. The second-order valence-corrected chi connectivity index (χ2v) is 4.91. The summed E-state index contributed by atoms with van der Waals surface area (Å²) in [5.41, 5.74) is 1.13. The fourth-order valence-corrected chi connectivity index (χ4v) is 2.47. The SMILES string of the molecule is O=C1c2ccccc2C(=O)c2oc(-c3ccc(F)cc3)nc21. The standard InChI is InChI=1S/C17H8FNO3/c18-10-7-5-9(6-8-10)17-19-13-14(20)11-3-1-2-4-12(11)15(21)16(13)22-17/h1-8H. The van der Waals surface area contributed by atoms with Crippen LogP contribution in [0.25, 0.3) is 11.5 Å². The van der Waals surface area contributed by atoms with Crippen LogP contribution in [0.1, 0.15) is 32.2 Å². The zero-order valence-electron chi connectivity index (χ0n) is 11.2. The van der Waals surface area contributed by atoms with Gasteiger partial charge in [0.1, 0.15) is 5.82 Å². The third kappa shape index (κ3) is 1.72. The molecule has 0 atom stereocenters. The van der Waals surface area contributed by atoms with Gasteiger partial charge in [-0.2, -0.15) is 0 Å². The Morgan fingerprint density at radius 3 is 2.18 bits per heavy atom. The molecule has 1 aliphatic carbocycles. The van der Waals surface area contributed by atoms with Crippen LogP contribution >= 0.6 is 0 Å². The summed E-state index contributed by atoms with van der Waals surface area (Å²) in [6.07, 6.45) is 0. The molecule has 0 N–H and O–H groups in total. The number of oxazole rings is 1. The third-order valence-electron chi connectivity index (χ3n) is 3.56. The highest BCUT2D eigenvalue weighted by molar-refractivity contribution is 6.26. The van der Waals surface area contributed by atoms with E-state index in [-0.39, 0.29) is 34.7 Å². The summed E-state index contributed by atoms with van der Waals surface area (Å²) in [6, 6.07) is 12.0. The summed E-state index contributed by atoms with van der Waals surface area (Å²) < 4.78 is 18.4. The van der Waals surface area contributed by atoms with Crippen LogP contribution in [-0.2, 0) is 0 Å². The maximum absolute atomic E-state index is 13.0. The second-order valence-electron chi connectivity index (χ2n) is 4.91. The van der Waals surface area contributed by atoms with Gasteiger partial charge in [0, 0.05) is 16.7 Å². The highest BCUT2D eigenvalue weighted by Crippen LogP contribution is 2.30. The maximum atomic E-state index is 13.0. The third-order valence-corrected chi connectivity index (χ3v) is 3.56. The van der Waals surface area contributed by atoms with Crippen molar-refractivity contribution in [1.82, 2.24) is 4.98 Å². The van der Waals surface area contributed by atoms with Crippen LogP contribution in [0.5, 0.6) is 0 Å². The summed E-state index contributed by atoms with van der Waals surface area (Å²) in [6.45, 7) is 0. The normalized spacial score (nSPS) is 13.0. The van der Waals surface area contributed by atoms with Gasteiger partial charge in [-0.15, -0.1) is 0 Å². The number of halogens is 1. The van der Waals surface area contributed by atoms with Crippen molar-refractivity contribution in [3.05, 3.63) is 76.9 Å². The Morgan fingerprint density at radius 2 is 1.50 bits per heavy atom. The van der Waals surface area contributed by atoms with Gasteiger partial charge in [0.2, 0.25) is 23.2 Å². The first-order chi connectivity index (χ1) is 10.6. The molecule has 0 bridgehead atoms. The van der Waals surface area contributed by atoms with Crippen LogP contribution in [0.3, 0.4) is 0 Å². The fourth-order valence-electron chi connectivity index (χ4n) is 2.47. The Kier molecular flexibility index (Phi) is 2.56. The van der Waals surface area contributed by atoms with Gasteiger partial charge < -0.3 is 4.42 Å². The quantitative estimate of drug-likeness (QED) is 0.540. The largest absolute Gasteiger partial charge is 0.432 e. The molecule has 2 aromatic carbocycles. The Bertz CT molecular complexity index is 873. The van der Waals surface area contributed by atoms with Gasteiger partial charge in [0.05, 0.1) is 0 Å². The second kappa shape index (κ2) is 4.46. The number of hydrogen-bond acceptors (Lipinski definition) is 4. The topological polar surface area (TPSA) is 60.2 Å². The van der Waals surface area contributed by atoms with Gasteiger partial charge >= 0.3 is 0 Å². The van der Waals surface area contributed by atoms with Crippen molar-refractivity contribution in [3.63, 3.8) is 0 Å². The van der Waals surface area contributed by atoms with E-state index in [2.05, 4.69) is 4.98 Å². The molecule has 4 rings (SSSR count). The first-order valence-corrected chi connectivity index (χ1v) is 6.60. The van der Waals surface area contributed by atoms with Crippen LogP contribution in [0.2, 0.25) is 0 Å². The summed E-state index contributed by atoms with van der Waals surface area (Å²) in [4.78, 5) is 28.9. The number of benzene rings is 2. The molecule has 5 heteroatoms. The molecular weight excluding hydrogens is 285 g/mol. The van der Waals surface area contributed by atoms with E-state index in [0.29, 0.717) is 16.7 Å². The lowest BCUT2D eigenvalue weighted by atomic mass is 9.91. The molecule has 0 amide bonds. The van der Waals surface area contributed by atoms with Crippen molar-refractivity contribution < 1.29 is 18.4 Å². The zero-order chi connectivity index (χ0) is 15.3. The van der Waals surface area contributed by atoms with Crippen molar-refractivity contribution >= 4 is 11.6 Å². The van der Waals surface area contributed by atoms with Crippen LogP contribution in [0.4, 0.5) is 4.39 Å². The molecule has 22 heavy (non-hydrogen) atoms. The van der Waals surface area contributed by atoms with Gasteiger partial charge in [-0.3, -0.25) is 9.59 Å². The van der Waals surface area contributed by atoms with Gasteiger partial charge in [0.25, 0.3) is 0 Å². The van der Waals surface area contributed by atoms with Crippen molar-refractivity contribution in [2.45, 2.75) is 0 Å². The molecule has 1 heterocycles. The van der Waals surface area contributed by atoms with E-state index in [9.17, 15) is 14.0 Å². The van der Waals surface area contributed by atoms with Crippen molar-refractivity contribution in [2.24, 2.45) is 0 Å². The average Bonchev–Trinajstić information content (AvgIpc) is 2.99. The predicted octanol–water partition coefficient (Wildman–Crippen LogP) is 3.26. The van der Waals surface area contributed by atoms with Gasteiger partial charge in [-0.1, -0.05) is 24.3 Å².